The van der Waals surface area contributed by atoms with E-state index in [1.165, 1.54) is 11.1 Å². The molecule has 0 fully saturated rings. The van der Waals surface area contributed by atoms with Crippen molar-refractivity contribution in [2.45, 2.75) is 19.8 Å². The van der Waals surface area contributed by atoms with Crippen molar-refractivity contribution in [2.75, 3.05) is 0 Å². The summed E-state index contributed by atoms with van der Waals surface area (Å²) in [5, 5.41) is 0. The highest BCUT2D eigenvalue weighted by Crippen LogP contribution is 2.19. The number of halogens is 1. The van der Waals surface area contributed by atoms with Crippen LogP contribution in [-0.2, 0) is 12.8 Å². The van der Waals surface area contributed by atoms with Gasteiger partial charge in [0.05, 0.1) is 5.52 Å². The molecular formula is C17H15BrN2O. The van der Waals surface area contributed by atoms with Crippen LogP contribution in [0.1, 0.15) is 27.4 Å². The molecular weight excluding hydrogens is 328 g/mol. The number of nitrogens with zero attached hydrogens (tertiary/aromatic N) is 2. The molecule has 0 aliphatic carbocycles. The lowest BCUT2D eigenvalue weighted by Crippen LogP contribution is -1.98. The maximum atomic E-state index is 11.2. The maximum absolute atomic E-state index is 11.2. The van der Waals surface area contributed by atoms with Crippen LogP contribution in [0.4, 0.5) is 0 Å². The van der Waals surface area contributed by atoms with E-state index in [1.54, 1.807) is 0 Å². The second-order valence-electron chi connectivity index (χ2n) is 5.12. The highest BCUT2D eigenvalue weighted by Gasteiger charge is 2.10. The van der Waals surface area contributed by atoms with Gasteiger partial charge in [-0.15, -0.1) is 0 Å². The lowest BCUT2D eigenvalue weighted by molar-refractivity contribution is 0.112. The zero-order valence-electron chi connectivity index (χ0n) is 11.7. The molecule has 0 aliphatic rings. The third-order valence-corrected chi connectivity index (χ3v) is 4.03. The second kappa shape index (κ2) is 5.82. The number of aromatic nitrogens is 2. The highest BCUT2D eigenvalue weighted by atomic mass is 79.9. The summed E-state index contributed by atoms with van der Waals surface area (Å²) in [5.41, 5.74) is 3.89. The predicted molar refractivity (Wildman–Crippen MR) is 86.9 cm³/mol. The molecule has 0 saturated heterocycles. The molecule has 3 nitrogen and oxygen atoms in total. The zero-order valence-corrected chi connectivity index (χ0v) is 13.3. The van der Waals surface area contributed by atoms with E-state index in [1.807, 2.05) is 22.7 Å². The molecule has 0 unspecified atom stereocenters. The molecule has 0 amide bonds. The van der Waals surface area contributed by atoms with Crippen LogP contribution in [0.3, 0.4) is 0 Å². The summed E-state index contributed by atoms with van der Waals surface area (Å²) < 4.78 is 2.94. The van der Waals surface area contributed by atoms with Gasteiger partial charge in [0.2, 0.25) is 0 Å². The molecule has 4 heteroatoms. The Morgan fingerprint density at radius 1 is 1.24 bits per heavy atom. The fourth-order valence-corrected chi connectivity index (χ4v) is 2.87. The first-order valence-corrected chi connectivity index (χ1v) is 7.64. The number of aryl methyl sites for hydroxylation is 3. The summed E-state index contributed by atoms with van der Waals surface area (Å²) in [6, 6.07) is 12.4. The van der Waals surface area contributed by atoms with Crippen LogP contribution < -0.4 is 0 Å². The van der Waals surface area contributed by atoms with E-state index in [-0.39, 0.29) is 0 Å². The monoisotopic (exact) mass is 342 g/mol. The number of rotatable bonds is 4. The summed E-state index contributed by atoms with van der Waals surface area (Å²) in [7, 11) is 0. The molecule has 2 aromatic heterocycles. The molecule has 0 radical (unpaired) electrons. The lowest BCUT2D eigenvalue weighted by atomic mass is 10.1. The SMILES string of the molecule is Cc1cccc(CCc2nc(C=O)c3cc(Br)ccn23)c1. The van der Waals surface area contributed by atoms with Crippen molar-refractivity contribution < 1.29 is 4.79 Å². The number of fused-ring (bicyclic) bond motifs is 1. The Bertz CT molecular complexity index is 808. The van der Waals surface area contributed by atoms with Crippen LogP contribution in [0.2, 0.25) is 0 Å². The van der Waals surface area contributed by atoms with E-state index in [9.17, 15) is 4.79 Å². The van der Waals surface area contributed by atoms with Gasteiger partial charge >= 0.3 is 0 Å². The third-order valence-electron chi connectivity index (χ3n) is 3.54. The summed E-state index contributed by atoms with van der Waals surface area (Å²) >= 11 is 3.43. The Hall–Kier alpha value is -1.94. The topological polar surface area (TPSA) is 34.4 Å². The second-order valence-corrected chi connectivity index (χ2v) is 6.04. The van der Waals surface area contributed by atoms with Gasteiger partial charge < -0.3 is 4.40 Å². The van der Waals surface area contributed by atoms with Crippen molar-refractivity contribution in [1.82, 2.24) is 9.38 Å². The van der Waals surface area contributed by atoms with Crippen molar-refractivity contribution in [2.24, 2.45) is 0 Å². The molecule has 21 heavy (non-hydrogen) atoms. The number of pyridine rings is 1. The number of carbonyl (C=O) groups is 1. The minimum absolute atomic E-state index is 0.496. The van der Waals surface area contributed by atoms with Crippen LogP contribution in [0, 0.1) is 6.92 Å². The predicted octanol–water partition coefficient (Wildman–Crippen LogP) is 4.00. The molecule has 0 atom stereocenters. The quantitative estimate of drug-likeness (QED) is 0.671. The fraction of sp³-hybridized carbons (Fsp3) is 0.176. The summed E-state index contributed by atoms with van der Waals surface area (Å²) in [5.74, 6) is 0.918. The van der Waals surface area contributed by atoms with Crippen molar-refractivity contribution in [1.29, 1.82) is 0 Å². The Balaban J connectivity index is 1.92. The number of aldehydes is 1. The summed E-state index contributed by atoms with van der Waals surface area (Å²) in [6.45, 7) is 2.09. The molecule has 106 valence electrons. The van der Waals surface area contributed by atoms with Gasteiger partial charge in [0.1, 0.15) is 11.5 Å². The van der Waals surface area contributed by atoms with Gasteiger partial charge in [-0.2, -0.15) is 0 Å². The van der Waals surface area contributed by atoms with Crippen LogP contribution in [0.15, 0.2) is 47.1 Å². The molecule has 3 aromatic rings. The first-order valence-electron chi connectivity index (χ1n) is 6.84. The van der Waals surface area contributed by atoms with Gasteiger partial charge in [-0.25, -0.2) is 4.98 Å². The number of hydrogen-bond donors (Lipinski definition) is 0. The zero-order chi connectivity index (χ0) is 14.8. The molecule has 0 bridgehead atoms. The van der Waals surface area contributed by atoms with Crippen molar-refractivity contribution in [3.8, 4) is 0 Å². The van der Waals surface area contributed by atoms with Crippen molar-refractivity contribution >= 4 is 27.7 Å². The number of carbonyl (C=O) groups excluding carboxylic acids is 1. The van der Waals surface area contributed by atoms with Crippen molar-refractivity contribution in [3.05, 3.63) is 69.7 Å². The third kappa shape index (κ3) is 2.90. The fourth-order valence-electron chi connectivity index (χ4n) is 2.53. The minimum Gasteiger partial charge on any atom is -0.303 e. The Morgan fingerprint density at radius 3 is 2.86 bits per heavy atom. The standard InChI is InChI=1S/C17H15BrN2O/c1-12-3-2-4-13(9-12)5-6-17-19-15(11-21)16-10-14(18)7-8-20(16)17/h2-4,7-11H,5-6H2,1H3. The van der Waals surface area contributed by atoms with Crippen LogP contribution in [0.25, 0.3) is 5.52 Å². The molecule has 0 spiro atoms. The van der Waals surface area contributed by atoms with Gasteiger partial charge in [0.15, 0.2) is 6.29 Å². The van der Waals surface area contributed by atoms with Crippen LogP contribution in [-0.4, -0.2) is 15.7 Å². The van der Waals surface area contributed by atoms with Gasteiger partial charge in [-0.3, -0.25) is 4.79 Å². The number of hydrogen-bond acceptors (Lipinski definition) is 2. The molecule has 2 heterocycles. The maximum Gasteiger partial charge on any atom is 0.170 e. The lowest BCUT2D eigenvalue weighted by Gasteiger charge is -2.03. The summed E-state index contributed by atoms with van der Waals surface area (Å²) in [4.78, 5) is 15.6. The van der Waals surface area contributed by atoms with E-state index >= 15 is 0 Å². The van der Waals surface area contributed by atoms with E-state index in [4.69, 9.17) is 0 Å². The smallest absolute Gasteiger partial charge is 0.170 e. The molecule has 3 rings (SSSR count). The molecule has 0 saturated carbocycles. The van der Waals surface area contributed by atoms with E-state index in [2.05, 4.69) is 52.1 Å². The van der Waals surface area contributed by atoms with E-state index < -0.39 is 0 Å². The minimum atomic E-state index is 0.496. The van der Waals surface area contributed by atoms with E-state index in [0.29, 0.717) is 5.69 Å². The highest BCUT2D eigenvalue weighted by molar-refractivity contribution is 9.10. The first kappa shape index (κ1) is 14.0. The Labute approximate surface area is 131 Å². The van der Waals surface area contributed by atoms with Crippen LogP contribution in [0.5, 0.6) is 0 Å². The van der Waals surface area contributed by atoms with E-state index in [0.717, 1.165) is 34.9 Å². The molecule has 1 aromatic carbocycles. The number of imidazole rings is 1. The Morgan fingerprint density at radius 2 is 2.10 bits per heavy atom. The Kier molecular flexibility index (Phi) is 3.88. The average molecular weight is 343 g/mol. The summed E-state index contributed by atoms with van der Waals surface area (Å²) in [6.07, 6.45) is 4.48. The van der Waals surface area contributed by atoms with Crippen molar-refractivity contribution in [3.63, 3.8) is 0 Å². The normalized spacial score (nSPS) is 11.0. The van der Waals surface area contributed by atoms with Gasteiger partial charge in [-0.1, -0.05) is 45.8 Å². The molecule has 0 aliphatic heterocycles. The van der Waals surface area contributed by atoms with Gasteiger partial charge in [0, 0.05) is 17.1 Å². The number of benzene rings is 1. The van der Waals surface area contributed by atoms with Gasteiger partial charge in [-0.05, 0) is 31.0 Å². The molecule has 0 N–H and O–H groups in total. The van der Waals surface area contributed by atoms with Gasteiger partial charge in [0.25, 0.3) is 0 Å². The first-order chi connectivity index (χ1) is 10.2. The largest absolute Gasteiger partial charge is 0.303 e. The van der Waals surface area contributed by atoms with Crippen LogP contribution >= 0.6 is 15.9 Å². The average Bonchev–Trinajstić information content (AvgIpc) is 2.82.